The van der Waals surface area contributed by atoms with Gasteiger partial charge in [0.15, 0.2) is 0 Å². The third-order valence-corrected chi connectivity index (χ3v) is 12.5. The molecule has 0 bridgehead atoms. The molecule has 0 amide bonds. The first-order chi connectivity index (χ1) is 35.7. The average molecular weight is 1310 g/mol. The zero-order valence-corrected chi connectivity index (χ0v) is 64.7. The second-order valence-electron chi connectivity index (χ2n) is 14.7. The SMILES string of the molecule is O=C([O-])CN(CC(=O)[O-])c1nc(Nc2ccc(S(=O)(=O)[O-])cc2)nc(Nc2ccc(C=Cc3ccc(Nc4nc(Nc5ccc(S(=O)(=O)[O-])cc5)nc(N(CC(=O)[O-])CC(=O)[O-])n4)cc3S(=O)(=O)[O-])c(SOO[O-])c2)n1.[Na+].[Na+].[Na+].[Na+].[Na+].[Na+].[Na+].[Na+]. The molecule has 32 nitrogen and oxygen atoms in total. The van der Waals surface area contributed by atoms with Gasteiger partial charge in [0.25, 0.3) is 0 Å². The Bertz CT molecular complexity index is 3570. The van der Waals surface area contributed by atoms with E-state index in [0.29, 0.717) is 21.8 Å². The molecule has 0 saturated carbocycles. The van der Waals surface area contributed by atoms with Gasteiger partial charge >= 0.3 is 236 Å². The Morgan fingerprint density at radius 3 is 1.08 bits per heavy atom. The van der Waals surface area contributed by atoms with Gasteiger partial charge in [-0.05, 0) is 83.9 Å². The number of carboxylic acids is 4. The van der Waals surface area contributed by atoms with Crippen LogP contribution < -0.4 is 293 Å². The van der Waals surface area contributed by atoms with E-state index in [1.807, 2.05) is 0 Å². The number of aromatic nitrogens is 6. The molecule has 4 N–H and O–H groups in total. The van der Waals surface area contributed by atoms with Crippen LogP contribution >= 0.6 is 12.0 Å². The van der Waals surface area contributed by atoms with Crippen LogP contribution in [-0.4, -0.2) is 119 Å². The molecule has 0 spiro atoms. The summed E-state index contributed by atoms with van der Waals surface area (Å²) in [5.41, 5.74) is -0.0710. The fraction of sp³-hybridized carbons (Fsp3) is 0.100. The van der Waals surface area contributed by atoms with Gasteiger partial charge in [-0.2, -0.15) is 34.2 Å². The third kappa shape index (κ3) is 28.2. The van der Waals surface area contributed by atoms with Crippen molar-refractivity contribution in [2.24, 2.45) is 0 Å². The van der Waals surface area contributed by atoms with E-state index in [2.05, 4.69) is 60.5 Å². The zero-order chi connectivity index (χ0) is 55.5. The molecule has 0 fully saturated rings. The van der Waals surface area contributed by atoms with Crippen LogP contribution in [0, 0.1) is 0 Å². The molecule has 0 aliphatic heterocycles. The van der Waals surface area contributed by atoms with Gasteiger partial charge in [0, 0.05) is 27.6 Å². The molecule has 6 rings (SSSR count). The molecule has 0 aliphatic carbocycles. The molecule has 0 saturated heterocycles. The third-order valence-electron chi connectivity index (χ3n) is 9.29. The maximum atomic E-state index is 12.7. The predicted molar refractivity (Wildman–Crippen MR) is 244 cm³/mol. The van der Waals surface area contributed by atoms with Crippen LogP contribution in [0.3, 0.4) is 0 Å². The first-order valence-corrected chi connectivity index (χ1v) is 25.3. The quantitative estimate of drug-likeness (QED) is 0.00978. The Morgan fingerprint density at radius 2 is 0.762 bits per heavy atom. The Balaban J connectivity index is -0.00000820. The number of carboxylic acid groups (broad SMARTS) is 4. The van der Waals surface area contributed by atoms with Crippen LogP contribution in [0.15, 0.2) is 105 Å². The minimum Gasteiger partial charge on any atom is -0.744 e. The summed E-state index contributed by atoms with van der Waals surface area (Å²) in [5, 5.41) is 71.2. The number of rotatable bonds is 26. The molecule has 2 heterocycles. The van der Waals surface area contributed by atoms with E-state index in [1.54, 1.807) is 0 Å². The molecule has 6 aromatic rings. The maximum absolute atomic E-state index is 12.7. The van der Waals surface area contributed by atoms with Crippen molar-refractivity contribution < 1.29 is 330 Å². The van der Waals surface area contributed by atoms with Crippen molar-refractivity contribution in [3.63, 3.8) is 0 Å². The summed E-state index contributed by atoms with van der Waals surface area (Å²) >= 11 is 0.327. The molecule has 0 radical (unpaired) electrons. The number of nitrogens with zero attached hydrogens (tertiary/aromatic N) is 8. The molecule has 0 unspecified atom stereocenters. The first kappa shape index (κ1) is 87.5. The van der Waals surface area contributed by atoms with E-state index in [0.717, 1.165) is 66.7 Å². The van der Waals surface area contributed by atoms with Crippen LogP contribution in [0.1, 0.15) is 11.1 Å². The molecule has 44 heteroatoms. The molecule has 84 heavy (non-hydrogen) atoms. The van der Waals surface area contributed by atoms with E-state index >= 15 is 0 Å². The minimum absolute atomic E-state index is 0. The number of hydrogen-bond acceptors (Lipinski definition) is 33. The van der Waals surface area contributed by atoms with E-state index in [4.69, 9.17) is 0 Å². The smallest absolute Gasteiger partial charge is 0.744 e. The van der Waals surface area contributed by atoms with Gasteiger partial charge in [-0.15, -0.1) is 0 Å². The number of benzene rings is 4. The predicted octanol–water partition coefficient (Wildman–Crippen LogP) is -28.2. The summed E-state index contributed by atoms with van der Waals surface area (Å²) in [6.07, 6.45) is 2.42. The van der Waals surface area contributed by atoms with Crippen LogP contribution in [0.5, 0.6) is 0 Å². The normalized spacial score (nSPS) is 10.6. The molecular weight excluding hydrogens is 1280 g/mol. The van der Waals surface area contributed by atoms with E-state index < -0.39 is 125 Å². The van der Waals surface area contributed by atoms with Gasteiger partial charge in [-0.1, -0.05) is 24.3 Å². The monoisotopic (exact) mass is 1310 g/mol. The second-order valence-corrected chi connectivity index (χ2v) is 19.6. The molecule has 2 aromatic heterocycles. The van der Waals surface area contributed by atoms with Crippen LogP contribution in [0.4, 0.5) is 58.4 Å². The average Bonchev–Trinajstić information content (AvgIpc) is 3.31. The number of carbonyl (C=O) groups excluding carboxylic acids is 4. The van der Waals surface area contributed by atoms with E-state index in [1.165, 1.54) is 30.3 Å². The summed E-state index contributed by atoms with van der Waals surface area (Å²) in [5.74, 6) is -9.97. The summed E-state index contributed by atoms with van der Waals surface area (Å²) in [6, 6.07) is 15.6. The van der Waals surface area contributed by atoms with Crippen molar-refractivity contribution in [1.82, 2.24) is 29.9 Å². The van der Waals surface area contributed by atoms with Crippen molar-refractivity contribution in [3.05, 3.63) is 96.1 Å². The van der Waals surface area contributed by atoms with Crippen LogP contribution in [0.25, 0.3) is 12.2 Å². The fourth-order valence-corrected chi connectivity index (χ4v) is 8.34. The minimum atomic E-state index is -5.35. The number of carbonyl (C=O) groups is 4. The maximum Gasteiger partial charge on any atom is 1.00 e. The van der Waals surface area contributed by atoms with E-state index in [9.17, 15) is 83.8 Å². The van der Waals surface area contributed by atoms with E-state index in [-0.39, 0.29) is 281 Å². The largest absolute Gasteiger partial charge is 1.00 e. The number of nitrogens with one attached hydrogen (secondary N) is 4. The van der Waals surface area contributed by atoms with Crippen molar-refractivity contribution in [3.8, 4) is 0 Å². The molecular formula is C40H28N12Na8O20S4. The van der Waals surface area contributed by atoms with Gasteiger partial charge in [-0.3, -0.25) is 5.04 Å². The molecule has 4 aromatic carbocycles. The topological polar surface area (TPSA) is 506 Å². The van der Waals surface area contributed by atoms with Crippen molar-refractivity contribution in [2.75, 3.05) is 57.2 Å². The molecule has 0 aliphatic rings. The summed E-state index contributed by atoms with van der Waals surface area (Å²) in [6.45, 7) is -4.30. The van der Waals surface area contributed by atoms with Crippen molar-refractivity contribution >= 4 is 137 Å². The van der Waals surface area contributed by atoms with Crippen molar-refractivity contribution in [2.45, 2.75) is 19.6 Å². The second kappa shape index (κ2) is 40.2. The van der Waals surface area contributed by atoms with Gasteiger partial charge in [-0.25, -0.2) is 25.3 Å². The Hall–Kier alpha value is -0.720. The summed E-state index contributed by atoms with van der Waals surface area (Å²) in [4.78, 5) is 69.8. The van der Waals surface area contributed by atoms with Crippen LogP contribution in [-0.2, 0) is 58.9 Å². The Morgan fingerprint density at radius 1 is 0.452 bits per heavy atom. The van der Waals surface area contributed by atoms with Gasteiger partial charge in [0.1, 0.15) is 30.4 Å². The molecule has 400 valence electrons. The Kier molecular flexibility index (Phi) is 41.9. The number of anilines is 10. The number of hydrogen-bond donors (Lipinski definition) is 4. The summed E-state index contributed by atoms with van der Waals surface area (Å²) < 4.78 is 111. The zero-order valence-electron chi connectivity index (χ0n) is 45.4. The van der Waals surface area contributed by atoms with Crippen molar-refractivity contribution in [1.29, 1.82) is 0 Å². The fourth-order valence-electron chi connectivity index (χ4n) is 6.20. The van der Waals surface area contributed by atoms with Gasteiger partial charge in [0.2, 0.25) is 35.7 Å². The molecule has 0 atom stereocenters. The van der Waals surface area contributed by atoms with Gasteiger partial charge in [0.05, 0.1) is 76.8 Å². The summed E-state index contributed by atoms with van der Waals surface area (Å²) in [7, 11) is -15.0. The standard InChI is InChI=1S/C40H36N12O20S4.8Na/c53-31(54)17-51(18-32(55)56)39-47-35(41-23-7-11-27(12-8-23)74(62,63)64)45-37(49-39)43-25-5-3-21(29(15-25)73-72-71-61)1-2-22-4-6-26(16-30(22)76(68,69)70)44-38-46-36(42-24-9-13-28(14-10-24)75(65,66)67)48-40(50-38)52(19-33(57)58)20-34(59)60;;;;;;;;/h1-16,61H,17-20H2,(H,53,54)(H,55,56)(H,57,58)(H,59,60)(H,62,63,64)(H,65,66,67)(H,68,69,70)(H2,41,43,45,47,49)(H2,42,44,46,48,50);;;;;;;;/q;8*+1/p-8. The Labute approximate surface area is 658 Å². The van der Waals surface area contributed by atoms with Gasteiger partial charge < -0.3 is 89.6 Å². The number of aliphatic carboxylic acids is 4. The first-order valence-electron chi connectivity index (χ1n) is 20.3. The van der Waals surface area contributed by atoms with Crippen LogP contribution in [0.2, 0.25) is 0 Å².